The molecule has 1 amide bonds. The Balaban J connectivity index is 1.63. The summed E-state index contributed by atoms with van der Waals surface area (Å²) in [5.74, 6) is 0.958. The molecule has 0 radical (unpaired) electrons. The number of aromatic nitrogens is 2. The molecule has 1 aliphatic heterocycles. The minimum absolute atomic E-state index is 0.00593. The lowest BCUT2D eigenvalue weighted by molar-refractivity contribution is -0.137. The van der Waals surface area contributed by atoms with Crippen LogP contribution in [0.2, 0.25) is 0 Å². The molecular formula is C20H23F3N6O. The van der Waals surface area contributed by atoms with Crippen LogP contribution >= 0.6 is 0 Å². The molecule has 10 heteroatoms. The molecule has 7 nitrogen and oxygen atoms in total. The molecule has 1 aliphatic carbocycles. The lowest BCUT2D eigenvalue weighted by atomic mass is 10.1. The Morgan fingerprint density at radius 1 is 1.23 bits per heavy atom. The number of nitrogens with zero attached hydrogens (tertiary/aromatic N) is 3. The molecule has 4 rings (SSSR count). The first kappa shape index (κ1) is 20.2. The Morgan fingerprint density at radius 3 is 2.77 bits per heavy atom. The molecule has 0 saturated carbocycles. The number of hydrogen-bond donors (Lipinski definition) is 3. The highest BCUT2D eigenvalue weighted by molar-refractivity contribution is 5.73. The van der Waals surface area contributed by atoms with Crippen LogP contribution in [-0.2, 0) is 23.8 Å². The number of carbonyl (C=O) groups is 1. The zero-order valence-electron chi connectivity index (χ0n) is 16.5. The van der Waals surface area contributed by atoms with Gasteiger partial charge in [0.2, 0.25) is 11.9 Å². The average molecular weight is 420 g/mol. The summed E-state index contributed by atoms with van der Waals surface area (Å²) in [7, 11) is 0. The minimum Gasteiger partial charge on any atom is -0.399 e. The fourth-order valence-electron chi connectivity index (χ4n) is 4.10. The summed E-state index contributed by atoms with van der Waals surface area (Å²) in [5.41, 5.74) is 7.01. The summed E-state index contributed by atoms with van der Waals surface area (Å²) >= 11 is 0. The van der Waals surface area contributed by atoms with Gasteiger partial charge in [-0.3, -0.25) is 4.79 Å². The second-order valence-corrected chi connectivity index (χ2v) is 7.75. The van der Waals surface area contributed by atoms with Gasteiger partial charge in [-0.05, 0) is 43.9 Å². The van der Waals surface area contributed by atoms with Crippen molar-refractivity contribution in [2.45, 2.75) is 44.8 Å². The standard InChI is InChI=1S/C20H23F3N6O/c1-11(30)25-14-5-6-29(10-14)18-16-3-2-4-17(16)27-19(28-18)26-15-8-12(20(21,22)23)7-13(24)9-15/h7-9,14H,2-6,10,24H2,1H3,(H,25,30)(H,26,27,28)/t14-/m0/s1. The van der Waals surface area contributed by atoms with E-state index in [1.807, 2.05) is 0 Å². The van der Waals surface area contributed by atoms with Crippen LogP contribution in [0.4, 0.5) is 36.3 Å². The molecule has 0 spiro atoms. The number of nitrogens with one attached hydrogen (secondary N) is 2. The Kier molecular flexibility index (Phi) is 5.17. The molecule has 4 N–H and O–H groups in total. The summed E-state index contributed by atoms with van der Waals surface area (Å²) in [6, 6.07) is 3.37. The summed E-state index contributed by atoms with van der Waals surface area (Å²) in [6.45, 7) is 2.87. The van der Waals surface area contributed by atoms with Crippen LogP contribution in [0, 0.1) is 0 Å². The van der Waals surface area contributed by atoms with Crippen molar-refractivity contribution in [2.24, 2.45) is 0 Å². The number of halogens is 3. The number of aryl methyl sites for hydroxylation is 1. The molecule has 30 heavy (non-hydrogen) atoms. The Labute approximate surface area is 171 Å². The van der Waals surface area contributed by atoms with E-state index in [-0.39, 0.29) is 29.3 Å². The molecular weight excluding hydrogens is 397 g/mol. The normalized spacial score (nSPS) is 18.4. The number of benzene rings is 1. The molecule has 2 heterocycles. The Morgan fingerprint density at radius 2 is 2.03 bits per heavy atom. The predicted octanol–water partition coefficient (Wildman–Crippen LogP) is 3.02. The number of amides is 1. The smallest absolute Gasteiger partial charge is 0.399 e. The maximum atomic E-state index is 13.1. The van der Waals surface area contributed by atoms with Crippen molar-refractivity contribution in [1.82, 2.24) is 15.3 Å². The Hall–Kier alpha value is -3.04. The number of fused-ring (bicyclic) bond motifs is 1. The topological polar surface area (TPSA) is 96.2 Å². The third-order valence-corrected chi connectivity index (χ3v) is 5.35. The van der Waals surface area contributed by atoms with Crippen molar-refractivity contribution in [2.75, 3.05) is 29.0 Å². The number of rotatable bonds is 4. The van der Waals surface area contributed by atoms with Gasteiger partial charge in [0.25, 0.3) is 0 Å². The molecule has 1 saturated heterocycles. The molecule has 2 aliphatic rings. The van der Waals surface area contributed by atoms with Crippen LogP contribution in [0.25, 0.3) is 0 Å². The van der Waals surface area contributed by atoms with Crippen molar-refractivity contribution >= 4 is 29.0 Å². The molecule has 1 fully saturated rings. The highest BCUT2D eigenvalue weighted by atomic mass is 19.4. The number of nitrogen functional groups attached to an aromatic ring is 1. The van der Waals surface area contributed by atoms with Crippen LogP contribution in [-0.4, -0.2) is 35.0 Å². The lowest BCUT2D eigenvalue weighted by Crippen LogP contribution is -2.36. The van der Waals surface area contributed by atoms with Crippen molar-refractivity contribution in [3.05, 3.63) is 35.0 Å². The second kappa shape index (κ2) is 7.66. The highest BCUT2D eigenvalue weighted by Gasteiger charge is 2.32. The predicted molar refractivity (Wildman–Crippen MR) is 108 cm³/mol. The number of anilines is 4. The van der Waals surface area contributed by atoms with Crippen LogP contribution in [0.5, 0.6) is 0 Å². The van der Waals surface area contributed by atoms with Crippen molar-refractivity contribution < 1.29 is 18.0 Å². The van der Waals surface area contributed by atoms with Crippen molar-refractivity contribution in [3.63, 3.8) is 0 Å². The molecule has 0 bridgehead atoms. The zero-order valence-corrected chi connectivity index (χ0v) is 16.5. The summed E-state index contributed by atoms with van der Waals surface area (Å²) in [6.07, 6.45) is -1.06. The maximum Gasteiger partial charge on any atom is 0.416 e. The molecule has 1 aromatic carbocycles. The van der Waals surface area contributed by atoms with E-state index < -0.39 is 11.7 Å². The van der Waals surface area contributed by atoms with E-state index in [2.05, 4.69) is 25.5 Å². The fourth-order valence-corrected chi connectivity index (χ4v) is 4.10. The summed E-state index contributed by atoms with van der Waals surface area (Å²) < 4.78 is 39.3. The van der Waals surface area contributed by atoms with Crippen molar-refractivity contribution in [1.29, 1.82) is 0 Å². The fraction of sp³-hybridized carbons (Fsp3) is 0.450. The van der Waals surface area contributed by atoms with E-state index in [0.29, 0.717) is 6.54 Å². The van der Waals surface area contributed by atoms with Gasteiger partial charge in [0.1, 0.15) is 5.82 Å². The first-order chi connectivity index (χ1) is 14.2. The number of nitrogens with two attached hydrogens (primary N) is 1. The quantitative estimate of drug-likeness (QED) is 0.658. The largest absolute Gasteiger partial charge is 0.416 e. The summed E-state index contributed by atoms with van der Waals surface area (Å²) in [4.78, 5) is 22.6. The van der Waals surface area contributed by atoms with Gasteiger partial charge in [0, 0.05) is 43.0 Å². The summed E-state index contributed by atoms with van der Waals surface area (Å²) in [5, 5.41) is 5.83. The van der Waals surface area contributed by atoms with Gasteiger partial charge >= 0.3 is 6.18 Å². The van der Waals surface area contributed by atoms with E-state index in [9.17, 15) is 18.0 Å². The molecule has 0 unspecified atom stereocenters. The number of hydrogen-bond acceptors (Lipinski definition) is 6. The number of alkyl halides is 3. The van der Waals surface area contributed by atoms with Crippen LogP contribution < -0.4 is 21.3 Å². The van der Waals surface area contributed by atoms with Crippen LogP contribution in [0.3, 0.4) is 0 Å². The highest BCUT2D eigenvalue weighted by Crippen LogP contribution is 2.35. The van der Waals surface area contributed by atoms with Gasteiger partial charge in [0.05, 0.1) is 11.3 Å². The SMILES string of the molecule is CC(=O)N[C@H]1CCN(c2nc(Nc3cc(N)cc(C(F)(F)F)c3)nc3c2CCC3)C1. The first-order valence-electron chi connectivity index (χ1n) is 9.85. The monoisotopic (exact) mass is 420 g/mol. The van der Waals surface area contributed by atoms with Gasteiger partial charge in [-0.2, -0.15) is 18.2 Å². The molecule has 2 aromatic rings. The molecule has 160 valence electrons. The number of carbonyl (C=O) groups excluding carboxylic acids is 1. The minimum atomic E-state index is -4.50. The van der Waals surface area contributed by atoms with Gasteiger partial charge < -0.3 is 21.3 Å². The van der Waals surface area contributed by atoms with Gasteiger partial charge in [-0.25, -0.2) is 4.98 Å². The Bertz CT molecular complexity index is 978. The lowest BCUT2D eigenvalue weighted by Gasteiger charge is -2.22. The molecule has 1 atom stereocenters. The van der Waals surface area contributed by atoms with Gasteiger partial charge in [-0.15, -0.1) is 0 Å². The van der Waals surface area contributed by atoms with E-state index in [1.54, 1.807) is 0 Å². The van der Waals surface area contributed by atoms with E-state index in [0.717, 1.165) is 61.4 Å². The first-order valence-corrected chi connectivity index (χ1v) is 9.85. The van der Waals surface area contributed by atoms with Gasteiger partial charge in [0.15, 0.2) is 0 Å². The third kappa shape index (κ3) is 4.27. The van der Waals surface area contributed by atoms with E-state index in [1.165, 1.54) is 13.0 Å². The van der Waals surface area contributed by atoms with Gasteiger partial charge in [-0.1, -0.05) is 0 Å². The molecule has 1 aromatic heterocycles. The maximum absolute atomic E-state index is 13.1. The second-order valence-electron chi connectivity index (χ2n) is 7.75. The van der Waals surface area contributed by atoms with E-state index in [4.69, 9.17) is 5.73 Å². The zero-order chi connectivity index (χ0) is 21.5. The van der Waals surface area contributed by atoms with E-state index >= 15 is 0 Å². The van der Waals surface area contributed by atoms with Crippen molar-refractivity contribution in [3.8, 4) is 0 Å². The average Bonchev–Trinajstić information content (AvgIpc) is 3.28. The van der Waals surface area contributed by atoms with Crippen LogP contribution in [0.1, 0.15) is 36.6 Å². The van der Waals surface area contributed by atoms with Crippen LogP contribution in [0.15, 0.2) is 18.2 Å². The third-order valence-electron chi connectivity index (χ3n) is 5.35.